The van der Waals surface area contributed by atoms with Crippen LogP contribution in [0.3, 0.4) is 0 Å². The Morgan fingerprint density at radius 3 is 2.02 bits per heavy atom. The normalized spacial score (nSPS) is 13.7. The minimum absolute atomic E-state index is 0.289. The van der Waals surface area contributed by atoms with Gasteiger partial charge in [-0.15, -0.1) is 11.3 Å². The van der Waals surface area contributed by atoms with E-state index in [0.717, 1.165) is 38.9 Å². The molecule has 0 spiro atoms. The van der Waals surface area contributed by atoms with Gasteiger partial charge in [0.25, 0.3) is 0 Å². The molecule has 0 radical (unpaired) electrons. The molecule has 1 aliphatic rings. The summed E-state index contributed by atoms with van der Waals surface area (Å²) >= 11 is 1.73. The molecule has 0 atom stereocenters. The summed E-state index contributed by atoms with van der Waals surface area (Å²) < 4.78 is 0. The van der Waals surface area contributed by atoms with Crippen molar-refractivity contribution in [1.29, 1.82) is 0 Å². The van der Waals surface area contributed by atoms with E-state index in [2.05, 4.69) is 116 Å². The number of aliphatic imine (C=N–C) groups is 1. The van der Waals surface area contributed by atoms with Gasteiger partial charge in [-0.05, 0) is 90.0 Å². The summed E-state index contributed by atoms with van der Waals surface area (Å²) in [5, 5.41) is 9.39. The fraction of sp³-hybridized carbons (Fsp3) is 0.0857. The van der Waals surface area contributed by atoms with Crippen LogP contribution >= 0.6 is 11.3 Å². The smallest absolute Gasteiger partial charge is 0.335 e. The van der Waals surface area contributed by atoms with Crippen LogP contribution < -0.4 is 4.90 Å². The van der Waals surface area contributed by atoms with Gasteiger partial charge < -0.3 is 10.0 Å². The van der Waals surface area contributed by atoms with Crippen molar-refractivity contribution in [2.75, 3.05) is 4.90 Å². The first-order valence-electron chi connectivity index (χ1n) is 13.2. The van der Waals surface area contributed by atoms with Gasteiger partial charge in [0, 0.05) is 32.2 Å². The number of carboxylic acid groups (broad SMARTS) is 1. The van der Waals surface area contributed by atoms with E-state index in [9.17, 15) is 9.90 Å². The third kappa shape index (κ3) is 4.88. The monoisotopic (exact) mass is 540 g/mol. The summed E-state index contributed by atoms with van der Waals surface area (Å²) in [5.41, 5.74) is 7.12. The largest absolute Gasteiger partial charge is 0.478 e. The van der Waals surface area contributed by atoms with Crippen molar-refractivity contribution in [3.05, 3.63) is 137 Å². The van der Waals surface area contributed by atoms with E-state index in [0.29, 0.717) is 0 Å². The topological polar surface area (TPSA) is 52.9 Å². The van der Waals surface area contributed by atoms with Crippen molar-refractivity contribution < 1.29 is 9.90 Å². The molecule has 5 heteroatoms. The van der Waals surface area contributed by atoms with E-state index in [1.807, 2.05) is 12.1 Å². The lowest BCUT2D eigenvalue weighted by Crippen LogP contribution is -2.24. The number of carboxylic acids is 1. The molecule has 1 aliphatic heterocycles. The lowest BCUT2D eigenvalue weighted by molar-refractivity contribution is 0.0696. The maximum absolute atomic E-state index is 11.5. The van der Waals surface area contributed by atoms with Gasteiger partial charge in [0.1, 0.15) is 0 Å². The highest BCUT2D eigenvalue weighted by atomic mass is 32.1. The molecule has 1 aromatic heterocycles. The minimum Gasteiger partial charge on any atom is -0.478 e. The van der Waals surface area contributed by atoms with E-state index in [1.54, 1.807) is 29.5 Å². The summed E-state index contributed by atoms with van der Waals surface area (Å²) in [7, 11) is 0. The standard InChI is InChI=1S/C35H28N2O2S/c1-35(2)30-23-25(34(38)39)15-20-31(30)36-33(35)22-19-29-18-21-32(40-29)24-13-16-28(17-14-24)37(26-9-5-3-6-10-26)27-11-7-4-8-12-27/h3-23H,1-2H3,(H,38,39). The Hall–Kier alpha value is -4.74. The quantitative estimate of drug-likeness (QED) is 0.224. The number of nitrogens with zero attached hydrogens (tertiary/aromatic N) is 2. The van der Waals surface area contributed by atoms with Gasteiger partial charge in [-0.3, -0.25) is 4.99 Å². The van der Waals surface area contributed by atoms with Gasteiger partial charge in [-0.2, -0.15) is 0 Å². The minimum atomic E-state index is -0.922. The van der Waals surface area contributed by atoms with Gasteiger partial charge in [-0.25, -0.2) is 4.79 Å². The van der Waals surface area contributed by atoms with E-state index >= 15 is 0 Å². The van der Waals surface area contributed by atoms with Gasteiger partial charge in [0.2, 0.25) is 0 Å². The van der Waals surface area contributed by atoms with Crippen LogP contribution in [0.2, 0.25) is 0 Å². The number of para-hydroxylation sites is 2. The van der Waals surface area contributed by atoms with Crippen molar-refractivity contribution in [3.8, 4) is 10.4 Å². The zero-order chi connectivity index (χ0) is 27.7. The van der Waals surface area contributed by atoms with Gasteiger partial charge in [0.05, 0.1) is 17.0 Å². The molecular formula is C35H28N2O2S. The van der Waals surface area contributed by atoms with E-state index < -0.39 is 5.97 Å². The van der Waals surface area contributed by atoms with Crippen LogP contribution in [-0.4, -0.2) is 16.8 Å². The molecule has 40 heavy (non-hydrogen) atoms. The number of aromatic carboxylic acids is 1. The molecule has 4 nitrogen and oxygen atoms in total. The molecule has 5 aromatic rings. The Balaban J connectivity index is 1.23. The van der Waals surface area contributed by atoms with E-state index in [4.69, 9.17) is 4.99 Å². The van der Waals surface area contributed by atoms with E-state index in [1.165, 1.54) is 10.4 Å². The summed E-state index contributed by atoms with van der Waals surface area (Å²) in [6.45, 7) is 4.17. The number of hydrogen-bond acceptors (Lipinski definition) is 4. The summed E-state index contributed by atoms with van der Waals surface area (Å²) in [6.07, 6.45) is 4.15. The van der Waals surface area contributed by atoms with E-state index in [-0.39, 0.29) is 11.0 Å². The fourth-order valence-electron chi connectivity index (χ4n) is 5.06. The first-order valence-corrected chi connectivity index (χ1v) is 14.0. The third-order valence-corrected chi connectivity index (χ3v) is 8.37. The molecule has 0 unspecified atom stereocenters. The Kier molecular flexibility index (Phi) is 6.66. The molecule has 0 amide bonds. The molecule has 0 saturated heterocycles. The van der Waals surface area contributed by atoms with Crippen molar-refractivity contribution in [2.45, 2.75) is 19.3 Å². The summed E-state index contributed by atoms with van der Waals surface area (Å²) in [5.74, 6) is -0.922. The zero-order valence-corrected chi connectivity index (χ0v) is 23.1. The molecule has 0 aliphatic carbocycles. The van der Waals surface area contributed by atoms with Crippen molar-refractivity contribution >= 4 is 51.8 Å². The van der Waals surface area contributed by atoms with Gasteiger partial charge in [-0.1, -0.05) is 62.4 Å². The van der Waals surface area contributed by atoms with Crippen LogP contribution in [0.25, 0.3) is 16.5 Å². The number of allylic oxidation sites excluding steroid dienone is 1. The molecular weight excluding hydrogens is 512 g/mol. The Morgan fingerprint density at radius 2 is 1.40 bits per heavy atom. The molecule has 2 heterocycles. The second-order valence-corrected chi connectivity index (χ2v) is 11.4. The maximum atomic E-state index is 11.5. The highest BCUT2D eigenvalue weighted by Crippen LogP contribution is 2.41. The van der Waals surface area contributed by atoms with Crippen molar-refractivity contribution in [3.63, 3.8) is 0 Å². The number of fused-ring (bicyclic) bond motifs is 1. The predicted octanol–water partition coefficient (Wildman–Crippen LogP) is 9.66. The number of carbonyl (C=O) groups is 1. The fourth-order valence-corrected chi connectivity index (χ4v) is 5.97. The molecule has 0 fully saturated rings. The van der Waals surface area contributed by atoms with Crippen molar-refractivity contribution in [1.82, 2.24) is 0 Å². The number of thiophene rings is 1. The molecule has 4 aromatic carbocycles. The van der Waals surface area contributed by atoms with Crippen molar-refractivity contribution in [2.24, 2.45) is 4.99 Å². The average Bonchev–Trinajstić information content (AvgIpc) is 3.55. The third-order valence-electron chi connectivity index (χ3n) is 7.27. The Morgan fingerprint density at radius 1 is 0.775 bits per heavy atom. The Labute approximate surface area is 238 Å². The molecule has 6 rings (SSSR count). The zero-order valence-electron chi connectivity index (χ0n) is 22.3. The van der Waals surface area contributed by atoms with Crippen LogP contribution in [0.1, 0.15) is 34.6 Å². The van der Waals surface area contributed by atoms with Crippen LogP contribution in [0, 0.1) is 0 Å². The van der Waals surface area contributed by atoms with Crippen LogP contribution in [0.15, 0.2) is 126 Å². The molecule has 196 valence electrons. The number of anilines is 3. The number of hydrogen-bond donors (Lipinski definition) is 1. The molecule has 0 saturated carbocycles. The highest BCUT2D eigenvalue weighted by Gasteiger charge is 2.34. The van der Waals surface area contributed by atoms with Crippen LogP contribution in [-0.2, 0) is 5.41 Å². The second-order valence-electron chi connectivity index (χ2n) is 10.2. The first-order chi connectivity index (χ1) is 19.4. The second kappa shape index (κ2) is 10.4. The summed E-state index contributed by atoms with van der Waals surface area (Å²) in [4.78, 5) is 20.8. The van der Waals surface area contributed by atoms with Gasteiger partial charge >= 0.3 is 5.97 Å². The maximum Gasteiger partial charge on any atom is 0.335 e. The predicted molar refractivity (Wildman–Crippen MR) is 167 cm³/mol. The SMILES string of the molecule is CC1(C)C(C=Cc2ccc(-c3ccc(N(c4ccccc4)c4ccccc4)cc3)s2)=Nc2ccc(C(=O)O)cc21. The average molecular weight is 541 g/mol. The highest BCUT2D eigenvalue weighted by molar-refractivity contribution is 7.16. The lowest BCUT2D eigenvalue weighted by atomic mass is 9.81. The number of benzene rings is 4. The molecule has 1 N–H and O–H groups in total. The van der Waals surface area contributed by atoms with Crippen LogP contribution in [0.5, 0.6) is 0 Å². The molecule has 0 bridgehead atoms. The van der Waals surface area contributed by atoms with Crippen LogP contribution in [0.4, 0.5) is 22.7 Å². The summed E-state index contributed by atoms with van der Waals surface area (Å²) in [6, 6.07) is 38.9. The first kappa shape index (κ1) is 25.5. The number of rotatable bonds is 7. The lowest BCUT2D eigenvalue weighted by Gasteiger charge is -2.25. The Bertz CT molecular complexity index is 1690. The van der Waals surface area contributed by atoms with Gasteiger partial charge in [0.15, 0.2) is 0 Å².